The van der Waals surface area contributed by atoms with Gasteiger partial charge in [-0.25, -0.2) is 13.1 Å². The summed E-state index contributed by atoms with van der Waals surface area (Å²) in [6.45, 7) is 1.21. The van der Waals surface area contributed by atoms with Gasteiger partial charge in [0.2, 0.25) is 10.0 Å². The maximum atomic E-state index is 12.0. The lowest BCUT2D eigenvalue weighted by molar-refractivity contribution is 0.105. The van der Waals surface area contributed by atoms with Crippen molar-refractivity contribution in [2.75, 3.05) is 13.2 Å². The number of sulfonamides is 1. The van der Waals surface area contributed by atoms with Crippen LogP contribution in [0.2, 0.25) is 0 Å². The van der Waals surface area contributed by atoms with E-state index >= 15 is 0 Å². The molecule has 0 spiro atoms. The number of hydrogen-bond donors (Lipinski definition) is 1. The minimum absolute atomic E-state index is 0.204. The lowest BCUT2D eigenvalue weighted by Crippen LogP contribution is -2.27. The summed E-state index contributed by atoms with van der Waals surface area (Å²) in [5.41, 5.74) is 0. The number of hydrogen-bond acceptors (Lipinski definition) is 3. The zero-order valence-electron chi connectivity index (χ0n) is 9.93. The zero-order chi connectivity index (χ0) is 13.0. The molecule has 0 saturated carbocycles. The molecule has 1 aromatic carbocycles. The van der Waals surface area contributed by atoms with Crippen LogP contribution in [0.25, 0.3) is 0 Å². The first-order valence-corrected chi connectivity index (χ1v) is 8.22. The summed E-state index contributed by atoms with van der Waals surface area (Å²) < 4.78 is 32.8. The average molecular weight is 334 g/mol. The Morgan fingerprint density at radius 1 is 1.44 bits per heavy atom. The fraction of sp³-hybridized carbons (Fsp3) is 0.500. The number of rotatable bonds is 5. The molecule has 4 nitrogen and oxygen atoms in total. The van der Waals surface area contributed by atoms with Crippen LogP contribution < -0.4 is 4.72 Å². The van der Waals surface area contributed by atoms with Gasteiger partial charge in [0.15, 0.2) is 0 Å². The summed E-state index contributed by atoms with van der Waals surface area (Å²) in [6, 6.07) is 6.68. The van der Waals surface area contributed by atoms with Gasteiger partial charge in [0.25, 0.3) is 0 Å². The van der Waals surface area contributed by atoms with Gasteiger partial charge in [-0.3, -0.25) is 0 Å². The summed E-state index contributed by atoms with van der Waals surface area (Å²) in [5, 5.41) is 0. The second-order valence-electron chi connectivity index (χ2n) is 4.28. The molecule has 2 rings (SSSR count). The van der Waals surface area contributed by atoms with Crippen molar-refractivity contribution >= 4 is 26.0 Å². The summed E-state index contributed by atoms with van der Waals surface area (Å²) >= 11 is 3.26. The second-order valence-corrected chi connectivity index (χ2v) is 6.96. The molecule has 0 bridgehead atoms. The molecular formula is C12H16BrNO3S. The van der Waals surface area contributed by atoms with E-state index in [1.807, 2.05) is 0 Å². The van der Waals surface area contributed by atoms with E-state index in [4.69, 9.17) is 4.74 Å². The van der Waals surface area contributed by atoms with Gasteiger partial charge >= 0.3 is 0 Å². The zero-order valence-corrected chi connectivity index (χ0v) is 12.3. The third-order valence-electron chi connectivity index (χ3n) is 2.89. The number of nitrogens with one attached hydrogen (secondary N) is 1. The fourth-order valence-corrected chi connectivity index (χ4v) is 3.59. The highest BCUT2D eigenvalue weighted by atomic mass is 79.9. The van der Waals surface area contributed by atoms with Gasteiger partial charge in [-0.2, -0.15) is 0 Å². The second kappa shape index (κ2) is 6.14. The van der Waals surface area contributed by atoms with Gasteiger partial charge in [0.1, 0.15) is 0 Å². The van der Waals surface area contributed by atoms with Crippen LogP contribution in [0, 0.1) is 0 Å². The van der Waals surface area contributed by atoms with E-state index in [2.05, 4.69) is 20.7 Å². The number of halogens is 1. The van der Waals surface area contributed by atoms with Crippen molar-refractivity contribution in [1.29, 1.82) is 0 Å². The third-order valence-corrected chi connectivity index (χ3v) is 4.84. The molecule has 1 atom stereocenters. The summed E-state index contributed by atoms with van der Waals surface area (Å²) in [7, 11) is -3.41. The molecule has 0 unspecified atom stereocenters. The lowest BCUT2D eigenvalue weighted by Gasteiger charge is -2.10. The van der Waals surface area contributed by atoms with Gasteiger partial charge in [0.05, 0.1) is 11.0 Å². The molecule has 18 heavy (non-hydrogen) atoms. The quantitative estimate of drug-likeness (QED) is 0.899. The van der Waals surface area contributed by atoms with E-state index in [9.17, 15) is 8.42 Å². The molecule has 0 radical (unpaired) electrons. The van der Waals surface area contributed by atoms with Crippen LogP contribution in [0.1, 0.15) is 19.3 Å². The Bertz CT molecular complexity index is 498. The highest BCUT2D eigenvalue weighted by Crippen LogP contribution is 2.17. The molecule has 6 heteroatoms. The predicted octanol–water partition coefficient (Wildman–Crippen LogP) is 2.30. The Morgan fingerprint density at radius 3 is 2.94 bits per heavy atom. The first-order valence-electron chi connectivity index (χ1n) is 5.95. The maximum Gasteiger partial charge on any atom is 0.240 e. The summed E-state index contributed by atoms with van der Waals surface area (Å²) in [5.74, 6) is 0. The summed E-state index contributed by atoms with van der Waals surface area (Å²) in [6.07, 6.45) is 3.03. The van der Waals surface area contributed by atoms with E-state index in [1.165, 1.54) is 0 Å². The predicted molar refractivity (Wildman–Crippen MR) is 72.9 cm³/mol. The molecule has 100 valence electrons. The van der Waals surface area contributed by atoms with E-state index < -0.39 is 10.0 Å². The molecule has 0 aromatic heterocycles. The third kappa shape index (κ3) is 3.78. The lowest BCUT2D eigenvalue weighted by atomic mass is 10.2. The highest BCUT2D eigenvalue weighted by molar-refractivity contribution is 9.10. The van der Waals surface area contributed by atoms with E-state index in [1.54, 1.807) is 24.3 Å². The van der Waals surface area contributed by atoms with E-state index in [0.717, 1.165) is 30.3 Å². The molecule has 1 aromatic rings. The van der Waals surface area contributed by atoms with Crippen LogP contribution in [0.15, 0.2) is 33.6 Å². The molecule has 1 aliphatic rings. The Labute approximate surface area is 116 Å². The first-order chi connectivity index (χ1) is 8.58. The Morgan fingerprint density at radius 2 is 2.28 bits per heavy atom. The minimum Gasteiger partial charge on any atom is -0.378 e. The van der Waals surface area contributed by atoms with Gasteiger partial charge in [-0.05, 0) is 37.5 Å². The van der Waals surface area contributed by atoms with Gasteiger partial charge in [-0.15, -0.1) is 0 Å². The number of ether oxygens (including phenoxy) is 1. The molecule has 1 saturated heterocycles. The molecule has 1 aliphatic heterocycles. The van der Waals surface area contributed by atoms with Crippen molar-refractivity contribution in [3.05, 3.63) is 28.7 Å². The number of benzene rings is 1. The highest BCUT2D eigenvalue weighted by Gasteiger charge is 2.18. The molecule has 1 fully saturated rings. The van der Waals surface area contributed by atoms with Crippen LogP contribution in [-0.4, -0.2) is 27.7 Å². The first kappa shape index (κ1) is 14.0. The Hall–Kier alpha value is -0.430. The molecular weight excluding hydrogens is 318 g/mol. The van der Waals surface area contributed by atoms with Crippen molar-refractivity contribution in [2.24, 2.45) is 0 Å². The van der Waals surface area contributed by atoms with Crippen LogP contribution >= 0.6 is 15.9 Å². The maximum absolute atomic E-state index is 12.0. The van der Waals surface area contributed by atoms with E-state index in [-0.39, 0.29) is 11.0 Å². The smallest absolute Gasteiger partial charge is 0.240 e. The normalized spacial score (nSPS) is 20.2. The molecule has 1 N–H and O–H groups in total. The van der Waals surface area contributed by atoms with Gasteiger partial charge < -0.3 is 4.74 Å². The van der Waals surface area contributed by atoms with Crippen molar-refractivity contribution in [1.82, 2.24) is 4.72 Å². The van der Waals surface area contributed by atoms with Gasteiger partial charge in [-0.1, -0.05) is 22.0 Å². The van der Waals surface area contributed by atoms with Crippen LogP contribution in [-0.2, 0) is 14.8 Å². The van der Waals surface area contributed by atoms with Crippen molar-refractivity contribution in [2.45, 2.75) is 30.3 Å². The van der Waals surface area contributed by atoms with Gasteiger partial charge in [0, 0.05) is 17.6 Å². The Balaban J connectivity index is 1.90. The van der Waals surface area contributed by atoms with Crippen molar-refractivity contribution < 1.29 is 13.2 Å². The van der Waals surface area contributed by atoms with Crippen LogP contribution in [0.5, 0.6) is 0 Å². The SMILES string of the molecule is O=S(=O)(NCC[C@H]1CCCO1)c1cccc(Br)c1. The van der Waals surface area contributed by atoms with Crippen LogP contribution in [0.4, 0.5) is 0 Å². The topological polar surface area (TPSA) is 55.4 Å². The van der Waals surface area contributed by atoms with Crippen LogP contribution in [0.3, 0.4) is 0 Å². The molecule has 0 amide bonds. The standard InChI is InChI=1S/C12H16BrNO3S/c13-10-3-1-5-12(9-10)18(15,16)14-7-6-11-4-2-8-17-11/h1,3,5,9,11,14H,2,4,6-8H2/t11-/m1/s1. The van der Waals surface area contributed by atoms with Crippen molar-refractivity contribution in [3.63, 3.8) is 0 Å². The van der Waals surface area contributed by atoms with Crippen molar-refractivity contribution in [3.8, 4) is 0 Å². The molecule has 1 heterocycles. The largest absolute Gasteiger partial charge is 0.378 e. The van der Waals surface area contributed by atoms with E-state index in [0.29, 0.717) is 6.54 Å². The minimum atomic E-state index is -3.41. The molecule has 0 aliphatic carbocycles. The fourth-order valence-electron chi connectivity index (χ4n) is 1.94. The Kier molecular flexibility index (Phi) is 4.77. The summed E-state index contributed by atoms with van der Waals surface area (Å²) in [4.78, 5) is 0.282. The monoisotopic (exact) mass is 333 g/mol. The average Bonchev–Trinajstić information content (AvgIpc) is 2.82.